The third-order valence-corrected chi connectivity index (χ3v) is 5.03. The molecule has 0 unspecified atom stereocenters. The van der Waals surface area contributed by atoms with E-state index in [1.54, 1.807) is 41.7 Å². The monoisotopic (exact) mass is 389 g/mol. The predicted molar refractivity (Wildman–Crippen MR) is 110 cm³/mol. The van der Waals surface area contributed by atoms with E-state index in [2.05, 4.69) is 32.1 Å². The van der Waals surface area contributed by atoms with Gasteiger partial charge in [0.25, 0.3) is 0 Å². The van der Waals surface area contributed by atoms with Crippen LogP contribution in [0.15, 0.2) is 82.1 Å². The molecule has 2 N–H and O–H groups in total. The standard InChI is InChI=1S/C21H15N3O3S/c25-19(12-10-17-9-11-18(28-17)14-5-2-1-3-6-14)22-16-8-4-7-15(13-16)20-23-21(26)27-24-20/h1-13H,(H,22,25)(H,23,24,26)/b12-10+. The average Bonchev–Trinajstić information content (AvgIpc) is 3.36. The van der Waals surface area contributed by atoms with Gasteiger partial charge in [0, 0.05) is 27.1 Å². The van der Waals surface area contributed by atoms with E-state index < -0.39 is 5.76 Å². The van der Waals surface area contributed by atoms with Gasteiger partial charge in [0.1, 0.15) is 0 Å². The number of aromatic amines is 1. The minimum Gasteiger partial charge on any atom is -0.322 e. The van der Waals surface area contributed by atoms with Crippen LogP contribution in [0, 0.1) is 0 Å². The Bertz CT molecular complexity index is 1190. The topological polar surface area (TPSA) is 88.0 Å². The Hall–Kier alpha value is -3.71. The zero-order valence-corrected chi connectivity index (χ0v) is 15.4. The van der Waals surface area contributed by atoms with E-state index in [0.717, 1.165) is 15.3 Å². The Labute approximate surface area is 164 Å². The molecule has 0 atom stereocenters. The van der Waals surface area contributed by atoms with Crippen molar-refractivity contribution in [2.45, 2.75) is 0 Å². The summed E-state index contributed by atoms with van der Waals surface area (Å²) in [5.41, 5.74) is 2.38. The van der Waals surface area contributed by atoms with Crippen molar-refractivity contribution in [3.8, 4) is 21.8 Å². The summed E-state index contributed by atoms with van der Waals surface area (Å²) in [6, 6.07) is 21.1. The van der Waals surface area contributed by atoms with Crippen LogP contribution in [-0.4, -0.2) is 16.0 Å². The first-order valence-electron chi connectivity index (χ1n) is 8.48. The van der Waals surface area contributed by atoms with Gasteiger partial charge in [-0.05, 0) is 35.9 Å². The first kappa shape index (κ1) is 17.7. The number of nitrogens with one attached hydrogen (secondary N) is 2. The normalized spacial score (nSPS) is 11.0. The van der Waals surface area contributed by atoms with E-state index in [9.17, 15) is 9.59 Å². The fourth-order valence-corrected chi connectivity index (χ4v) is 3.56. The second-order valence-electron chi connectivity index (χ2n) is 5.92. The SMILES string of the molecule is O=C(/C=C/c1ccc(-c2ccccc2)s1)Nc1cccc(-c2noc(=O)[nH]2)c1. The Kier molecular flexibility index (Phi) is 4.99. The van der Waals surface area contributed by atoms with Crippen molar-refractivity contribution in [3.05, 3.63) is 88.2 Å². The number of rotatable bonds is 5. The second kappa shape index (κ2) is 7.89. The summed E-state index contributed by atoms with van der Waals surface area (Å²) in [6.45, 7) is 0. The lowest BCUT2D eigenvalue weighted by atomic mass is 10.2. The average molecular weight is 389 g/mol. The molecule has 4 aromatic rings. The Morgan fingerprint density at radius 3 is 2.64 bits per heavy atom. The molecule has 6 nitrogen and oxygen atoms in total. The van der Waals surface area contributed by atoms with Crippen LogP contribution in [0.25, 0.3) is 27.9 Å². The van der Waals surface area contributed by atoms with E-state index in [1.165, 1.54) is 6.08 Å². The highest BCUT2D eigenvalue weighted by Gasteiger charge is 2.06. The summed E-state index contributed by atoms with van der Waals surface area (Å²) >= 11 is 1.62. The van der Waals surface area contributed by atoms with E-state index in [1.807, 2.05) is 30.3 Å². The fraction of sp³-hybridized carbons (Fsp3) is 0. The van der Waals surface area contributed by atoms with Gasteiger partial charge in [-0.25, -0.2) is 4.79 Å². The molecule has 28 heavy (non-hydrogen) atoms. The molecule has 0 aliphatic carbocycles. The molecule has 0 radical (unpaired) electrons. The lowest BCUT2D eigenvalue weighted by Crippen LogP contribution is -2.07. The molecule has 138 valence electrons. The van der Waals surface area contributed by atoms with Crippen molar-refractivity contribution in [3.63, 3.8) is 0 Å². The van der Waals surface area contributed by atoms with Crippen LogP contribution in [-0.2, 0) is 4.79 Å². The highest BCUT2D eigenvalue weighted by atomic mass is 32.1. The lowest BCUT2D eigenvalue weighted by molar-refractivity contribution is -0.111. The van der Waals surface area contributed by atoms with E-state index in [-0.39, 0.29) is 5.91 Å². The van der Waals surface area contributed by atoms with Gasteiger partial charge in [0.05, 0.1) is 0 Å². The van der Waals surface area contributed by atoms with Gasteiger partial charge in [-0.1, -0.05) is 47.6 Å². The molecule has 0 saturated heterocycles. The highest BCUT2D eigenvalue weighted by Crippen LogP contribution is 2.28. The molecule has 2 heterocycles. The van der Waals surface area contributed by atoms with Gasteiger partial charge in [0.2, 0.25) is 5.91 Å². The van der Waals surface area contributed by atoms with Gasteiger partial charge in [-0.2, -0.15) is 0 Å². The molecule has 1 amide bonds. The van der Waals surface area contributed by atoms with Crippen LogP contribution >= 0.6 is 11.3 Å². The van der Waals surface area contributed by atoms with Crippen molar-refractivity contribution >= 4 is 29.0 Å². The summed E-state index contributed by atoms with van der Waals surface area (Å²) in [6.07, 6.45) is 3.27. The zero-order valence-electron chi connectivity index (χ0n) is 14.6. The number of hydrogen-bond donors (Lipinski definition) is 2. The number of anilines is 1. The zero-order chi connectivity index (χ0) is 19.3. The van der Waals surface area contributed by atoms with Crippen molar-refractivity contribution in [1.29, 1.82) is 0 Å². The molecule has 7 heteroatoms. The van der Waals surface area contributed by atoms with Gasteiger partial charge >= 0.3 is 5.76 Å². The lowest BCUT2D eigenvalue weighted by Gasteiger charge is -2.03. The third-order valence-electron chi connectivity index (χ3n) is 3.93. The second-order valence-corrected chi connectivity index (χ2v) is 7.03. The van der Waals surface area contributed by atoms with Crippen LogP contribution in [0.2, 0.25) is 0 Å². The van der Waals surface area contributed by atoms with E-state index in [4.69, 9.17) is 0 Å². The smallest absolute Gasteiger partial charge is 0.322 e. The maximum atomic E-state index is 12.2. The largest absolute Gasteiger partial charge is 0.439 e. The minimum absolute atomic E-state index is 0.250. The molecule has 0 spiro atoms. The summed E-state index contributed by atoms with van der Waals surface area (Å²) in [5, 5.41) is 6.44. The third kappa shape index (κ3) is 4.16. The summed E-state index contributed by atoms with van der Waals surface area (Å²) in [4.78, 5) is 27.9. The Morgan fingerprint density at radius 1 is 1.04 bits per heavy atom. The number of thiophene rings is 1. The molecule has 0 bridgehead atoms. The van der Waals surface area contributed by atoms with Crippen molar-refractivity contribution in [2.24, 2.45) is 0 Å². The van der Waals surface area contributed by atoms with Crippen LogP contribution in [0.1, 0.15) is 4.88 Å². The number of aromatic nitrogens is 2. The van der Waals surface area contributed by atoms with Crippen LogP contribution in [0.5, 0.6) is 0 Å². The van der Waals surface area contributed by atoms with Crippen LogP contribution < -0.4 is 11.1 Å². The Morgan fingerprint density at radius 2 is 1.86 bits per heavy atom. The maximum Gasteiger partial charge on any atom is 0.439 e. The molecular weight excluding hydrogens is 374 g/mol. The summed E-state index contributed by atoms with van der Waals surface area (Å²) in [5.74, 6) is -0.567. The van der Waals surface area contributed by atoms with Gasteiger partial charge in [0.15, 0.2) is 5.82 Å². The number of H-pyrrole nitrogens is 1. The van der Waals surface area contributed by atoms with E-state index in [0.29, 0.717) is 17.1 Å². The highest BCUT2D eigenvalue weighted by molar-refractivity contribution is 7.16. The number of amides is 1. The molecule has 4 rings (SSSR count). The van der Waals surface area contributed by atoms with Gasteiger partial charge in [-0.15, -0.1) is 11.3 Å². The minimum atomic E-state index is -0.627. The number of hydrogen-bond acceptors (Lipinski definition) is 5. The van der Waals surface area contributed by atoms with Crippen LogP contribution in [0.3, 0.4) is 0 Å². The van der Waals surface area contributed by atoms with E-state index >= 15 is 0 Å². The van der Waals surface area contributed by atoms with Crippen molar-refractivity contribution < 1.29 is 9.32 Å². The number of carbonyl (C=O) groups is 1. The first-order valence-corrected chi connectivity index (χ1v) is 9.30. The van der Waals surface area contributed by atoms with Crippen LogP contribution in [0.4, 0.5) is 5.69 Å². The number of carbonyl (C=O) groups excluding carboxylic acids is 1. The molecule has 2 aromatic heterocycles. The first-order chi connectivity index (χ1) is 13.7. The molecule has 0 aliphatic heterocycles. The predicted octanol–water partition coefficient (Wildman–Crippen LogP) is 4.41. The maximum absolute atomic E-state index is 12.2. The fourth-order valence-electron chi connectivity index (χ4n) is 2.64. The molecule has 0 aliphatic rings. The number of nitrogens with zero attached hydrogens (tertiary/aromatic N) is 1. The quantitative estimate of drug-likeness (QED) is 0.495. The summed E-state index contributed by atoms with van der Waals surface area (Å²) < 4.78 is 4.50. The Balaban J connectivity index is 1.43. The van der Waals surface area contributed by atoms with Crippen molar-refractivity contribution in [1.82, 2.24) is 10.1 Å². The van der Waals surface area contributed by atoms with Crippen molar-refractivity contribution in [2.75, 3.05) is 5.32 Å². The molecular formula is C21H15N3O3S. The molecule has 0 fully saturated rings. The molecule has 2 aromatic carbocycles. The summed E-state index contributed by atoms with van der Waals surface area (Å²) in [7, 11) is 0. The van der Waals surface area contributed by atoms with Gasteiger partial charge in [-0.3, -0.25) is 14.3 Å². The van der Waals surface area contributed by atoms with Gasteiger partial charge < -0.3 is 5.32 Å². The molecule has 0 saturated carbocycles. The number of benzene rings is 2.